The Labute approximate surface area is 309 Å². The molecule has 10 aromatic rings. The van der Waals surface area contributed by atoms with E-state index in [1.54, 1.807) is 0 Å². The van der Waals surface area contributed by atoms with Gasteiger partial charge in [0.05, 0.1) is 0 Å². The smallest absolute Gasteiger partial charge is 0.0462 e. The lowest BCUT2D eigenvalue weighted by molar-refractivity contribution is 1.28. The molecule has 0 unspecified atom stereocenters. The van der Waals surface area contributed by atoms with Crippen LogP contribution in [0.2, 0.25) is 0 Å². The molecule has 248 valence electrons. The van der Waals surface area contributed by atoms with Gasteiger partial charge in [0.1, 0.15) is 0 Å². The summed E-state index contributed by atoms with van der Waals surface area (Å²) in [5, 5.41) is 10.3. The molecule has 53 heavy (non-hydrogen) atoms. The lowest BCUT2D eigenvalue weighted by Gasteiger charge is -2.26. The predicted molar refractivity (Wildman–Crippen MR) is 227 cm³/mol. The van der Waals surface area contributed by atoms with E-state index in [9.17, 15) is 0 Å². The molecule has 0 aliphatic heterocycles. The van der Waals surface area contributed by atoms with Gasteiger partial charge in [-0.25, -0.2) is 0 Å². The van der Waals surface area contributed by atoms with Crippen molar-refractivity contribution in [3.8, 4) is 33.4 Å². The lowest BCUT2D eigenvalue weighted by atomic mass is 9.90. The Hall–Kier alpha value is -6.96. The number of hydrogen-bond acceptors (Lipinski definition) is 1. The van der Waals surface area contributed by atoms with E-state index in [1.807, 2.05) is 0 Å². The number of fused-ring (bicyclic) bond motifs is 7. The van der Waals surface area contributed by atoms with Crippen molar-refractivity contribution < 1.29 is 0 Å². The second-order valence-corrected chi connectivity index (χ2v) is 13.8. The summed E-state index contributed by atoms with van der Waals surface area (Å²) in [6.07, 6.45) is 0. The van der Waals surface area contributed by atoms with Crippen LogP contribution >= 0.6 is 0 Å². The molecule has 0 fully saturated rings. The molecule has 1 nitrogen and oxygen atoms in total. The fourth-order valence-corrected chi connectivity index (χ4v) is 7.94. The molecule has 0 aliphatic rings. The maximum Gasteiger partial charge on any atom is 0.0462 e. The van der Waals surface area contributed by atoms with Crippen LogP contribution in [0.3, 0.4) is 0 Å². The topological polar surface area (TPSA) is 3.24 Å². The van der Waals surface area contributed by atoms with E-state index in [-0.39, 0.29) is 0 Å². The summed E-state index contributed by atoms with van der Waals surface area (Å²) in [5.41, 5.74) is 10.6. The second kappa shape index (κ2) is 13.0. The van der Waals surface area contributed by atoms with Crippen molar-refractivity contribution in [1.82, 2.24) is 0 Å². The molecule has 10 rings (SSSR count). The van der Waals surface area contributed by atoms with Crippen LogP contribution in [0.5, 0.6) is 0 Å². The normalized spacial score (nSPS) is 11.4. The number of hydrogen-bond donors (Lipinski definition) is 0. The molecule has 1 heteroatoms. The van der Waals surface area contributed by atoms with Gasteiger partial charge < -0.3 is 4.90 Å². The molecule has 0 aromatic heterocycles. The van der Waals surface area contributed by atoms with E-state index >= 15 is 0 Å². The van der Waals surface area contributed by atoms with Crippen LogP contribution in [0.4, 0.5) is 17.1 Å². The van der Waals surface area contributed by atoms with Crippen molar-refractivity contribution in [1.29, 1.82) is 0 Å². The number of benzene rings is 10. The highest BCUT2D eigenvalue weighted by Crippen LogP contribution is 2.41. The average molecular weight is 674 g/mol. The van der Waals surface area contributed by atoms with Gasteiger partial charge >= 0.3 is 0 Å². The predicted octanol–water partition coefficient (Wildman–Crippen LogP) is 14.8. The van der Waals surface area contributed by atoms with E-state index in [0.717, 1.165) is 17.1 Å². The van der Waals surface area contributed by atoms with Crippen LogP contribution in [-0.4, -0.2) is 0 Å². The van der Waals surface area contributed by atoms with E-state index in [1.165, 1.54) is 76.5 Å². The first-order valence-corrected chi connectivity index (χ1v) is 18.3. The third-order valence-corrected chi connectivity index (χ3v) is 10.6. The molecule has 0 aliphatic carbocycles. The third kappa shape index (κ3) is 5.60. The maximum atomic E-state index is 2.38. The monoisotopic (exact) mass is 673 g/mol. The van der Waals surface area contributed by atoms with Crippen LogP contribution in [-0.2, 0) is 0 Å². The molecule has 0 bridgehead atoms. The highest BCUT2D eigenvalue weighted by molar-refractivity contribution is 6.27. The third-order valence-electron chi connectivity index (χ3n) is 10.6. The van der Waals surface area contributed by atoms with E-state index < -0.39 is 0 Å². The number of nitrogens with zero attached hydrogens (tertiary/aromatic N) is 1. The zero-order valence-corrected chi connectivity index (χ0v) is 29.2. The Bertz CT molecular complexity index is 2810. The molecule has 0 heterocycles. The molecular weight excluding hydrogens is 639 g/mol. The van der Waals surface area contributed by atoms with Crippen molar-refractivity contribution in [2.24, 2.45) is 0 Å². The fourth-order valence-electron chi connectivity index (χ4n) is 7.94. The minimum atomic E-state index is 1.11. The molecular formula is C52H35N. The first-order valence-electron chi connectivity index (χ1n) is 18.3. The second-order valence-electron chi connectivity index (χ2n) is 13.8. The van der Waals surface area contributed by atoms with Gasteiger partial charge in [0.15, 0.2) is 0 Å². The molecule has 0 atom stereocenters. The SMILES string of the molecule is c1ccc(-c2ccc(N(c3ccc(-c4ccccc4)cc3)c3ccc(-c4ccc5c(c4)c4ccccc4c4cc6ccccc6cc54)cc3)cc2)cc1. The highest BCUT2D eigenvalue weighted by atomic mass is 15.1. The zero-order chi connectivity index (χ0) is 35.1. The van der Waals surface area contributed by atoms with Crippen LogP contribution in [0.15, 0.2) is 212 Å². The van der Waals surface area contributed by atoms with Crippen molar-refractivity contribution in [3.05, 3.63) is 212 Å². The van der Waals surface area contributed by atoms with Gasteiger partial charge in [0.2, 0.25) is 0 Å². The van der Waals surface area contributed by atoms with Crippen molar-refractivity contribution >= 4 is 60.2 Å². The summed E-state index contributed by atoms with van der Waals surface area (Å²) in [6.45, 7) is 0. The molecule has 0 saturated heterocycles. The van der Waals surface area contributed by atoms with Gasteiger partial charge in [0.25, 0.3) is 0 Å². The van der Waals surface area contributed by atoms with Gasteiger partial charge in [0, 0.05) is 17.1 Å². The van der Waals surface area contributed by atoms with Gasteiger partial charge in [-0.2, -0.15) is 0 Å². The van der Waals surface area contributed by atoms with Gasteiger partial charge in [-0.05, 0) is 131 Å². The largest absolute Gasteiger partial charge is 0.311 e. The fraction of sp³-hybridized carbons (Fsp3) is 0. The Morgan fingerprint density at radius 3 is 0.981 bits per heavy atom. The van der Waals surface area contributed by atoms with Crippen molar-refractivity contribution in [2.45, 2.75) is 0 Å². The summed E-state index contributed by atoms with van der Waals surface area (Å²) in [4.78, 5) is 2.34. The number of rotatable bonds is 6. The summed E-state index contributed by atoms with van der Waals surface area (Å²) in [6, 6.07) is 77.1. The van der Waals surface area contributed by atoms with Crippen LogP contribution in [0.25, 0.3) is 76.5 Å². The van der Waals surface area contributed by atoms with Crippen LogP contribution in [0, 0.1) is 0 Å². The summed E-state index contributed by atoms with van der Waals surface area (Å²) >= 11 is 0. The summed E-state index contributed by atoms with van der Waals surface area (Å²) in [5.74, 6) is 0. The van der Waals surface area contributed by atoms with E-state index in [2.05, 4.69) is 217 Å². The quantitative estimate of drug-likeness (QED) is 0.125. The van der Waals surface area contributed by atoms with Crippen LogP contribution in [0.1, 0.15) is 0 Å². The van der Waals surface area contributed by atoms with Crippen molar-refractivity contribution in [2.75, 3.05) is 4.90 Å². The van der Waals surface area contributed by atoms with Crippen molar-refractivity contribution in [3.63, 3.8) is 0 Å². The molecule has 10 aromatic carbocycles. The minimum Gasteiger partial charge on any atom is -0.311 e. The summed E-state index contributed by atoms with van der Waals surface area (Å²) in [7, 11) is 0. The zero-order valence-electron chi connectivity index (χ0n) is 29.2. The first-order chi connectivity index (χ1) is 26.3. The average Bonchev–Trinajstić information content (AvgIpc) is 3.24. The maximum absolute atomic E-state index is 2.38. The molecule has 0 saturated carbocycles. The summed E-state index contributed by atoms with van der Waals surface area (Å²) < 4.78 is 0. The van der Waals surface area contributed by atoms with E-state index in [0.29, 0.717) is 0 Å². The van der Waals surface area contributed by atoms with Gasteiger partial charge in [-0.3, -0.25) is 0 Å². The van der Waals surface area contributed by atoms with Gasteiger partial charge in [-0.15, -0.1) is 0 Å². The first kappa shape index (κ1) is 30.8. The Morgan fingerprint density at radius 2 is 0.528 bits per heavy atom. The molecule has 0 amide bonds. The van der Waals surface area contributed by atoms with Crippen LogP contribution < -0.4 is 4.90 Å². The highest BCUT2D eigenvalue weighted by Gasteiger charge is 2.15. The Morgan fingerprint density at radius 1 is 0.208 bits per heavy atom. The molecule has 0 N–H and O–H groups in total. The molecule has 0 spiro atoms. The Balaban J connectivity index is 1.06. The van der Waals surface area contributed by atoms with Gasteiger partial charge in [-0.1, -0.05) is 158 Å². The Kier molecular flexibility index (Phi) is 7.55. The standard InChI is InChI=1S/C52H35N/c1-3-11-36(12-4-1)38-19-26-44(27-20-38)53(45-28-21-39(22-29-45)37-13-5-2-6-14-37)46-30-23-40(24-31-46)43-25-32-49-50(35-43)47-17-9-10-18-48(47)51-33-41-15-7-8-16-42(41)34-52(49)51/h1-35H. The number of anilines is 3. The lowest BCUT2D eigenvalue weighted by Crippen LogP contribution is -2.09. The minimum absolute atomic E-state index is 1.11. The molecule has 0 radical (unpaired) electrons. The van der Waals surface area contributed by atoms with E-state index in [4.69, 9.17) is 0 Å².